The summed E-state index contributed by atoms with van der Waals surface area (Å²) < 4.78 is 14.9. The Kier molecular flexibility index (Phi) is 4.77. The van der Waals surface area contributed by atoms with Gasteiger partial charge >= 0.3 is 0 Å². The maximum atomic E-state index is 13.1. The van der Waals surface area contributed by atoms with Crippen LogP contribution in [0.2, 0.25) is 5.02 Å². The van der Waals surface area contributed by atoms with Gasteiger partial charge in [-0.05, 0) is 43.3 Å². The first-order valence-electron chi connectivity index (χ1n) is 8.33. The number of nitro benzene ring substituents is 1. The fourth-order valence-electron chi connectivity index (χ4n) is 2.84. The number of nitro groups is 1. The summed E-state index contributed by atoms with van der Waals surface area (Å²) in [5, 5.41) is 13.7. The summed E-state index contributed by atoms with van der Waals surface area (Å²) >= 11 is 6.99. The number of hydrogen-bond acceptors (Lipinski definition) is 5. The van der Waals surface area contributed by atoms with Gasteiger partial charge in [0.1, 0.15) is 15.7 Å². The van der Waals surface area contributed by atoms with Gasteiger partial charge < -0.3 is 5.32 Å². The Morgan fingerprint density at radius 2 is 2.00 bits per heavy atom. The predicted molar refractivity (Wildman–Crippen MR) is 109 cm³/mol. The molecule has 1 N–H and O–H groups in total. The van der Waals surface area contributed by atoms with E-state index in [2.05, 4.69) is 10.3 Å². The lowest BCUT2D eigenvalue weighted by atomic mass is 10.2. The molecule has 0 atom stereocenters. The lowest BCUT2D eigenvalue weighted by Crippen LogP contribution is -2.12. The fraction of sp³-hybridized carbons (Fsp3) is 0.0526. The number of carbonyl (C=O) groups is 1. The van der Waals surface area contributed by atoms with Crippen LogP contribution in [0.25, 0.3) is 16.2 Å². The van der Waals surface area contributed by atoms with E-state index in [-0.39, 0.29) is 22.2 Å². The second-order valence-electron chi connectivity index (χ2n) is 6.18. The van der Waals surface area contributed by atoms with Crippen LogP contribution in [0, 0.1) is 22.9 Å². The summed E-state index contributed by atoms with van der Waals surface area (Å²) in [6.45, 7) is 1.78. The molecule has 0 bridgehead atoms. The summed E-state index contributed by atoms with van der Waals surface area (Å²) in [6.07, 6.45) is 1.78. The number of halogens is 2. The van der Waals surface area contributed by atoms with Crippen molar-refractivity contribution in [2.45, 2.75) is 6.92 Å². The molecule has 2 heterocycles. The SMILES string of the molecule is Cc1c(C(=O)Nc2ccc(Cl)c([N+](=O)[O-])c2)sc2nc(-c3ccc(F)cc3)cn12. The largest absolute Gasteiger partial charge is 0.321 e. The van der Waals surface area contributed by atoms with E-state index in [9.17, 15) is 19.3 Å². The van der Waals surface area contributed by atoms with E-state index in [0.29, 0.717) is 21.2 Å². The molecule has 0 radical (unpaired) electrons. The third-order valence-corrected chi connectivity index (χ3v) is 5.78. The predicted octanol–water partition coefficient (Wildman–Crippen LogP) is 5.32. The van der Waals surface area contributed by atoms with Crippen molar-refractivity contribution in [3.05, 3.63) is 80.2 Å². The lowest BCUT2D eigenvalue weighted by molar-refractivity contribution is -0.384. The average molecular weight is 431 g/mol. The highest BCUT2D eigenvalue weighted by molar-refractivity contribution is 7.19. The van der Waals surface area contributed by atoms with Crippen LogP contribution < -0.4 is 5.32 Å². The van der Waals surface area contributed by atoms with Gasteiger partial charge in [-0.1, -0.05) is 22.9 Å². The van der Waals surface area contributed by atoms with Crippen LogP contribution in [0.5, 0.6) is 0 Å². The average Bonchev–Trinajstić information content (AvgIpc) is 3.23. The minimum atomic E-state index is -0.612. The van der Waals surface area contributed by atoms with Crippen molar-refractivity contribution < 1.29 is 14.1 Å². The third-order valence-electron chi connectivity index (χ3n) is 4.30. The molecule has 0 spiro atoms. The van der Waals surface area contributed by atoms with E-state index in [1.807, 2.05) is 0 Å². The van der Waals surface area contributed by atoms with Gasteiger partial charge in [0.25, 0.3) is 11.6 Å². The molecule has 0 saturated carbocycles. The number of aryl methyl sites for hydroxylation is 1. The maximum absolute atomic E-state index is 13.1. The van der Waals surface area contributed by atoms with Gasteiger partial charge in [0.15, 0.2) is 4.96 Å². The zero-order valence-corrected chi connectivity index (χ0v) is 16.4. The van der Waals surface area contributed by atoms with Gasteiger partial charge in [-0.15, -0.1) is 0 Å². The number of aromatic nitrogens is 2. The number of nitrogens with one attached hydrogen (secondary N) is 1. The molecule has 0 fully saturated rings. The molecule has 2 aromatic heterocycles. The third kappa shape index (κ3) is 3.57. The number of amides is 1. The molecule has 1 amide bonds. The minimum Gasteiger partial charge on any atom is -0.321 e. The van der Waals surface area contributed by atoms with Crippen LogP contribution in [0.3, 0.4) is 0 Å². The first-order valence-corrected chi connectivity index (χ1v) is 9.52. The first-order chi connectivity index (χ1) is 13.8. The zero-order valence-electron chi connectivity index (χ0n) is 14.8. The molecule has 10 heteroatoms. The fourth-order valence-corrected chi connectivity index (χ4v) is 4.03. The molecule has 4 aromatic rings. The van der Waals surface area contributed by atoms with Crippen LogP contribution in [-0.2, 0) is 0 Å². The highest BCUT2D eigenvalue weighted by atomic mass is 35.5. The van der Waals surface area contributed by atoms with Gasteiger partial charge in [-0.2, -0.15) is 0 Å². The van der Waals surface area contributed by atoms with Crippen LogP contribution in [-0.4, -0.2) is 20.2 Å². The number of rotatable bonds is 4. The molecule has 0 saturated heterocycles. The van der Waals surface area contributed by atoms with Gasteiger partial charge in [0, 0.05) is 29.2 Å². The second kappa shape index (κ2) is 7.26. The smallest absolute Gasteiger partial charge is 0.289 e. The van der Waals surface area contributed by atoms with E-state index >= 15 is 0 Å². The summed E-state index contributed by atoms with van der Waals surface area (Å²) in [5.41, 5.74) is 2.09. The molecule has 29 heavy (non-hydrogen) atoms. The van der Waals surface area contributed by atoms with E-state index in [1.165, 1.54) is 41.7 Å². The minimum absolute atomic E-state index is 0.00732. The maximum Gasteiger partial charge on any atom is 0.289 e. The van der Waals surface area contributed by atoms with Crippen LogP contribution in [0.4, 0.5) is 15.8 Å². The number of carbonyl (C=O) groups excluding carboxylic acids is 1. The molecule has 146 valence electrons. The van der Waals surface area contributed by atoms with Crippen molar-refractivity contribution in [1.29, 1.82) is 0 Å². The normalized spacial score (nSPS) is 11.0. The Morgan fingerprint density at radius 1 is 1.28 bits per heavy atom. The quantitative estimate of drug-likeness (QED) is 0.350. The number of imidazole rings is 1. The molecule has 7 nitrogen and oxygen atoms in total. The topological polar surface area (TPSA) is 89.5 Å². The van der Waals surface area contributed by atoms with Crippen molar-refractivity contribution in [2.75, 3.05) is 5.32 Å². The summed E-state index contributed by atoms with van der Waals surface area (Å²) in [5.74, 6) is -0.731. The van der Waals surface area contributed by atoms with Crippen molar-refractivity contribution in [1.82, 2.24) is 9.38 Å². The Morgan fingerprint density at radius 3 is 2.66 bits per heavy atom. The van der Waals surface area contributed by atoms with E-state index in [4.69, 9.17) is 11.6 Å². The number of thiazole rings is 1. The van der Waals surface area contributed by atoms with Crippen molar-refractivity contribution in [2.24, 2.45) is 0 Å². The Balaban J connectivity index is 1.62. The number of nitrogens with zero attached hydrogens (tertiary/aromatic N) is 3. The van der Waals surface area contributed by atoms with Crippen LogP contribution in [0.1, 0.15) is 15.4 Å². The molecular formula is C19H12ClFN4O3S. The van der Waals surface area contributed by atoms with Gasteiger partial charge in [0.05, 0.1) is 10.6 Å². The molecule has 0 aliphatic carbocycles. The molecule has 0 aliphatic heterocycles. The molecule has 2 aromatic carbocycles. The van der Waals surface area contributed by atoms with Crippen LogP contribution in [0.15, 0.2) is 48.7 Å². The Labute approximate surface area is 172 Å². The van der Waals surface area contributed by atoms with Crippen molar-refractivity contribution >= 4 is 45.2 Å². The monoisotopic (exact) mass is 430 g/mol. The highest BCUT2D eigenvalue weighted by Crippen LogP contribution is 2.30. The molecule has 0 unspecified atom stereocenters. The molecule has 4 rings (SSSR count). The van der Waals surface area contributed by atoms with Gasteiger partial charge in [0.2, 0.25) is 0 Å². The van der Waals surface area contributed by atoms with E-state index in [1.54, 1.807) is 29.7 Å². The number of benzene rings is 2. The number of fused-ring (bicyclic) bond motifs is 1. The first kappa shape index (κ1) is 19.0. The molecular weight excluding hydrogens is 419 g/mol. The van der Waals surface area contributed by atoms with E-state index < -0.39 is 10.8 Å². The lowest BCUT2D eigenvalue weighted by Gasteiger charge is -2.05. The van der Waals surface area contributed by atoms with Crippen LogP contribution >= 0.6 is 22.9 Å². The van der Waals surface area contributed by atoms with E-state index in [0.717, 1.165) is 5.56 Å². The van der Waals surface area contributed by atoms with Crippen molar-refractivity contribution in [3.63, 3.8) is 0 Å². The second-order valence-corrected chi connectivity index (χ2v) is 7.56. The highest BCUT2D eigenvalue weighted by Gasteiger charge is 2.20. The Bertz CT molecular complexity index is 1270. The summed E-state index contributed by atoms with van der Waals surface area (Å²) in [7, 11) is 0. The summed E-state index contributed by atoms with van der Waals surface area (Å²) in [4.78, 5) is 28.6. The number of hydrogen-bond donors (Lipinski definition) is 1. The molecule has 0 aliphatic rings. The van der Waals surface area contributed by atoms with Gasteiger partial charge in [-0.25, -0.2) is 9.37 Å². The number of anilines is 1. The summed E-state index contributed by atoms with van der Waals surface area (Å²) in [6, 6.07) is 10.1. The Hall–Kier alpha value is -3.30. The van der Waals surface area contributed by atoms with Crippen molar-refractivity contribution in [3.8, 4) is 11.3 Å². The standard InChI is InChI=1S/C19H12ClFN4O3S/c1-10-17(18(26)22-13-6-7-14(20)16(8-13)25(27)28)29-19-23-15(9-24(10)19)11-2-4-12(21)5-3-11/h2-9H,1H3,(H,22,26). The zero-order chi connectivity index (χ0) is 20.7. The van der Waals surface area contributed by atoms with Gasteiger partial charge in [-0.3, -0.25) is 19.3 Å².